The third kappa shape index (κ3) is 8.88. The van der Waals surface area contributed by atoms with Crippen LogP contribution >= 0.6 is 0 Å². The molecule has 2 saturated heterocycles. The third-order valence-electron chi connectivity index (χ3n) is 8.65. The van der Waals surface area contributed by atoms with E-state index in [0.29, 0.717) is 37.3 Å². The van der Waals surface area contributed by atoms with E-state index in [2.05, 4.69) is 22.5 Å². The molecule has 254 valence electrons. The predicted molar refractivity (Wildman–Crippen MR) is 189 cm³/mol. The van der Waals surface area contributed by atoms with Crippen molar-refractivity contribution in [2.75, 3.05) is 23.7 Å². The molecule has 4 amide bonds. The molecule has 6 rings (SSSR count). The summed E-state index contributed by atoms with van der Waals surface area (Å²) in [5, 5.41) is 5.82. The van der Waals surface area contributed by atoms with Gasteiger partial charge in [-0.15, -0.1) is 0 Å². The summed E-state index contributed by atoms with van der Waals surface area (Å²) in [6.45, 7) is 1.25. The Bertz CT molecular complexity index is 1720. The van der Waals surface area contributed by atoms with Crippen LogP contribution in [0.25, 0.3) is 0 Å². The van der Waals surface area contributed by atoms with Crippen molar-refractivity contribution in [2.24, 2.45) is 0 Å². The Hall–Kier alpha value is -6.08. The molecule has 2 aliphatic rings. The Balaban J connectivity index is 0.971. The van der Waals surface area contributed by atoms with Crippen LogP contribution in [-0.4, -0.2) is 59.0 Å². The standard InChI is InChI=1S/C40H38N4O6/c45-37(35-13-7-25-43(35)39(47)49-27-31-9-3-1-4-10-31)41-33-21-17-29(18-22-33)15-16-30-19-23-34(24-20-30)42-38(46)36-14-8-26-44(36)40(48)50-28-32-11-5-2-6-12-32/h1-6,9-12,17-24,35-36H,7-8,13-14,25-28H2,(H,41,45)(H,42,46). The van der Waals surface area contributed by atoms with Crippen LogP contribution in [0.5, 0.6) is 0 Å². The fraction of sp³-hybridized carbons (Fsp3) is 0.250. The van der Waals surface area contributed by atoms with Gasteiger partial charge in [0.05, 0.1) is 0 Å². The van der Waals surface area contributed by atoms with E-state index in [1.165, 1.54) is 9.80 Å². The van der Waals surface area contributed by atoms with Gasteiger partial charge in [-0.3, -0.25) is 19.4 Å². The molecule has 2 atom stereocenters. The Morgan fingerprint density at radius 3 is 1.32 bits per heavy atom. The molecule has 0 aromatic heterocycles. The molecule has 2 N–H and O–H groups in total. The van der Waals surface area contributed by atoms with Gasteiger partial charge in [0.15, 0.2) is 0 Å². The first-order valence-corrected chi connectivity index (χ1v) is 16.7. The quantitative estimate of drug-likeness (QED) is 0.205. The normalized spacial score (nSPS) is 16.6. The van der Waals surface area contributed by atoms with Crippen LogP contribution < -0.4 is 10.6 Å². The second kappa shape index (κ2) is 16.3. The van der Waals surface area contributed by atoms with Crippen LogP contribution in [0, 0.1) is 11.8 Å². The largest absolute Gasteiger partial charge is 0.445 e. The van der Waals surface area contributed by atoms with Crippen molar-refractivity contribution in [3.63, 3.8) is 0 Å². The number of benzene rings is 4. The van der Waals surface area contributed by atoms with E-state index < -0.39 is 24.3 Å². The first kappa shape index (κ1) is 33.8. The number of anilines is 2. The molecule has 0 spiro atoms. The zero-order valence-corrected chi connectivity index (χ0v) is 27.5. The summed E-state index contributed by atoms with van der Waals surface area (Å²) in [6, 6.07) is 32.0. The number of carbonyl (C=O) groups is 4. The van der Waals surface area contributed by atoms with E-state index in [9.17, 15) is 19.2 Å². The third-order valence-corrected chi connectivity index (χ3v) is 8.65. The van der Waals surface area contributed by atoms with Crippen molar-refractivity contribution in [1.82, 2.24) is 9.80 Å². The lowest BCUT2D eigenvalue weighted by Gasteiger charge is -2.23. The number of carbonyl (C=O) groups excluding carboxylic acids is 4. The average molecular weight is 671 g/mol. The average Bonchev–Trinajstić information content (AvgIpc) is 3.86. The highest BCUT2D eigenvalue weighted by atomic mass is 16.6. The summed E-state index contributed by atoms with van der Waals surface area (Å²) in [7, 11) is 0. The van der Waals surface area contributed by atoms with Gasteiger partial charge in [0.25, 0.3) is 0 Å². The van der Waals surface area contributed by atoms with Crippen molar-refractivity contribution < 1.29 is 28.7 Å². The van der Waals surface area contributed by atoms with Gasteiger partial charge in [-0.25, -0.2) is 9.59 Å². The van der Waals surface area contributed by atoms with Crippen LogP contribution in [0.15, 0.2) is 109 Å². The zero-order chi connectivity index (χ0) is 34.7. The van der Waals surface area contributed by atoms with Crippen molar-refractivity contribution in [1.29, 1.82) is 0 Å². The van der Waals surface area contributed by atoms with Gasteiger partial charge in [0.2, 0.25) is 11.8 Å². The Labute approximate surface area is 291 Å². The number of hydrogen-bond acceptors (Lipinski definition) is 6. The lowest BCUT2D eigenvalue weighted by molar-refractivity contribution is -0.120. The molecule has 50 heavy (non-hydrogen) atoms. The number of ether oxygens (including phenoxy) is 2. The van der Waals surface area contributed by atoms with Crippen molar-refractivity contribution in [2.45, 2.75) is 51.0 Å². The van der Waals surface area contributed by atoms with Crippen LogP contribution in [0.2, 0.25) is 0 Å². The van der Waals surface area contributed by atoms with Gasteiger partial charge in [-0.1, -0.05) is 72.5 Å². The summed E-state index contributed by atoms with van der Waals surface area (Å²) >= 11 is 0. The van der Waals surface area contributed by atoms with Gasteiger partial charge >= 0.3 is 12.2 Å². The molecule has 2 unspecified atom stereocenters. The molecule has 2 heterocycles. The van der Waals surface area contributed by atoms with Crippen molar-refractivity contribution >= 4 is 35.4 Å². The molecule has 4 aromatic carbocycles. The fourth-order valence-electron chi connectivity index (χ4n) is 5.99. The highest BCUT2D eigenvalue weighted by Gasteiger charge is 2.36. The lowest BCUT2D eigenvalue weighted by Crippen LogP contribution is -2.43. The van der Waals surface area contributed by atoms with E-state index in [4.69, 9.17) is 9.47 Å². The first-order chi connectivity index (χ1) is 24.4. The molecule has 0 saturated carbocycles. The van der Waals surface area contributed by atoms with E-state index in [0.717, 1.165) is 35.1 Å². The van der Waals surface area contributed by atoms with Gasteiger partial charge < -0.3 is 20.1 Å². The maximum atomic E-state index is 13.1. The Kier molecular flexibility index (Phi) is 11.1. The molecular weight excluding hydrogens is 632 g/mol. The van der Waals surface area contributed by atoms with Crippen LogP contribution in [0.1, 0.15) is 47.9 Å². The second-order valence-electron chi connectivity index (χ2n) is 12.2. The number of nitrogens with zero attached hydrogens (tertiary/aromatic N) is 2. The molecular formula is C40H38N4O6. The minimum atomic E-state index is -0.593. The minimum absolute atomic E-state index is 0.155. The summed E-state index contributed by atoms with van der Waals surface area (Å²) in [4.78, 5) is 54.5. The highest BCUT2D eigenvalue weighted by molar-refractivity contribution is 5.97. The second-order valence-corrected chi connectivity index (χ2v) is 12.2. The topological polar surface area (TPSA) is 117 Å². The van der Waals surface area contributed by atoms with E-state index in [1.807, 2.05) is 84.9 Å². The van der Waals surface area contributed by atoms with Crippen LogP contribution in [0.3, 0.4) is 0 Å². The van der Waals surface area contributed by atoms with Crippen LogP contribution in [-0.2, 0) is 32.3 Å². The molecule has 10 heteroatoms. The Morgan fingerprint density at radius 2 is 0.940 bits per heavy atom. The number of likely N-dealkylation sites (tertiary alicyclic amines) is 2. The van der Waals surface area contributed by atoms with E-state index in [-0.39, 0.29) is 25.0 Å². The van der Waals surface area contributed by atoms with Gasteiger partial charge in [0, 0.05) is 35.6 Å². The maximum Gasteiger partial charge on any atom is 0.410 e. The highest BCUT2D eigenvalue weighted by Crippen LogP contribution is 2.23. The smallest absolute Gasteiger partial charge is 0.410 e. The molecule has 2 aliphatic heterocycles. The predicted octanol–water partition coefficient (Wildman–Crippen LogP) is 6.57. The SMILES string of the molecule is O=C(Nc1ccc(C#Cc2ccc(NC(=O)C3CCCN3C(=O)OCc3ccccc3)cc2)cc1)C1CCCN1C(=O)OCc1ccccc1. The summed E-state index contributed by atoms with van der Waals surface area (Å²) in [5.74, 6) is 5.72. The van der Waals surface area contributed by atoms with Crippen molar-refractivity contribution in [3.8, 4) is 11.8 Å². The number of amides is 4. The molecule has 4 aromatic rings. The summed E-state index contributed by atoms with van der Waals surface area (Å²) in [6.07, 6.45) is 1.61. The molecule has 2 fully saturated rings. The fourth-order valence-corrected chi connectivity index (χ4v) is 5.99. The zero-order valence-electron chi connectivity index (χ0n) is 27.5. The van der Waals surface area contributed by atoms with Gasteiger partial charge in [-0.05, 0) is 85.3 Å². The summed E-state index contributed by atoms with van der Waals surface area (Å²) in [5.41, 5.74) is 4.50. The first-order valence-electron chi connectivity index (χ1n) is 16.7. The van der Waals surface area contributed by atoms with Gasteiger partial charge in [-0.2, -0.15) is 0 Å². The molecule has 10 nitrogen and oxygen atoms in total. The van der Waals surface area contributed by atoms with Crippen molar-refractivity contribution in [3.05, 3.63) is 131 Å². The molecule has 0 bridgehead atoms. The monoisotopic (exact) mass is 670 g/mol. The summed E-state index contributed by atoms with van der Waals surface area (Å²) < 4.78 is 10.9. The number of rotatable bonds is 8. The van der Waals surface area contributed by atoms with E-state index >= 15 is 0 Å². The number of hydrogen-bond donors (Lipinski definition) is 2. The maximum absolute atomic E-state index is 13.1. The van der Waals surface area contributed by atoms with E-state index in [1.54, 1.807) is 24.3 Å². The molecule has 0 radical (unpaired) electrons. The lowest BCUT2D eigenvalue weighted by atomic mass is 10.1. The Morgan fingerprint density at radius 1 is 0.560 bits per heavy atom. The van der Waals surface area contributed by atoms with Gasteiger partial charge in [0.1, 0.15) is 25.3 Å². The minimum Gasteiger partial charge on any atom is -0.445 e. The van der Waals surface area contributed by atoms with Crippen LogP contribution in [0.4, 0.5) is 21.0 Å². The molecule has 0 aliphatic carbocycles. The number of nitrogens with one attached hydrogen (secondary N) is 2.